The van der Waals surface area contributed by atoms with Crippen LogP contribution in [-0.2, 0) is 4.79 Å². The summed E-state index contributed by atoms with van der Waals surface area (Å²) in [6, 6.07) is 0. The molecule has 0 bridgehead atoms. The average molecular weight is 254 g/mol. The highest BCUT2D eigenvalue weighted by atomic mass is 32.3. The summed E-state index contributed by atoms with van der Waals surface area (Å²) in [6.07, 6.45) is 14.1. The van der Waals surface area contributed by atoms with E-state index in [2.05, 4.69) is 31.3 Å². The number of hydrogen-bond donors (Lipinski definition) is 1. The van der Waals surface area contributed by atoms with Gasteiger partial charge in [0.05, 0.1) is 0 Å². The maximum Gasteiger partial charge on any atom is 0.303 e. The molecule has 15 heavy (non-hydrogen) atoms. The second-order valence-corrected chi connectivity index (χ2v) is 14.6. The Morgan fingerprint density at radius 1 is 1.07 bits per heavy atom. The largest absolute Gasteiger partial charge is 0.481 e. The minimum atomic E-state index is -0.663. The van der Waals surface area contributed by atoms with Crippen molar-refractivity contribution in [2.24, 2.45) is 0 Å². The third-order valence-electron chi connectivity index (χ3n) is 2.01. The van der Waals surface area contributed by atoms with Gasteiger partial charge in [-0.2, -0.15) is 0 Å². The summed E-state index contributed by atoms with van der Waals surface area (Å²) >= 11 is 0. The molecular formula is C11H26O2S2. The Bertz CT molecular complexity index is 207. The highest BCUT2D eigenvalue weighted by molar-refractivity contribution is 8.47. The minimum Gasteiger partial charge on any atom is -0.481 e. The van der Waals surface area contributed by atoms with Crippen molar-refractivity contribution in [2.75, 3.05) is 42.1 Å². The fourth-order valence-corrected chi connectivity index (χ4v) is 10.9. The van der Waals surface area contributed by atoms with E-state index in [1.807, 2.05) is 0 Å². The van der Waals surface area contributed by atoms with E-state index in [4.69, 9.17) is 5.11 Å². The van der Waals surface area contributed by atoms with Crippen molar-refractivity contribution in [1.29, 1.82) is 0 Å². The number of carboxylic acids is 1. The molecule has 0 rings (SSSR count). The van der Waals surface area contributed by atoms with Gasteiger partial charge in [-0.1, -0.05) is 0 Å². The zero-order valence-electron chi connectivity index (χ0n) is 10.7. The van der Waals surface area contributed by atoms with Crippen LogP contribution in [-0.4, -0.2) is 53.2 Å². The van der Waals surface area contributed by atoms with Gasteiger partial charge < -0.3 is 5.11 Å². The second kappa shape index (κ2) is 6.04. The molecular weight excluding hydrogens is 228 g/mol. The monoisotopic (exact) mass is 254 g/mol. The molecule has 0 aliphatic heterocycles. The Labute approximate surface area is 97.5 Å². The molecule has 0 aliphatic rings. The van der Waals surface area contributed by atoms with Crippen LogP contribution < -0.4 is 0 Å². The van der Waals surface area contributed by atoms with E-state index in [1.54, 1.807) is 0 Å². The molecule has 0 aromatic carbocycles. The number of carboxylic acid groups (broad SMARTS) is 1. The molecule has 94 valence electrons. The molecule has 0 radical (unpaired) electrons. The summed E-state index contributed by atoms with van der Waals surface area (Å²) in [5, 5.41) is 9.89. The van der Waals surface area contributed by atoms with Gasteiger partial charge in [-0.3, -0.25) is 4.79 Å². The summed E-state index contributed by atoms with van der Waals surface area (Å²) in [5.74, 6) is 0.564. The lowest BCUT2D eigenvalue weighted by Gasteiger charge is -2.40. The SMILES string of the molecule is CS(C)(C)CS(C)(C)CCCCC(=O)O. The first-order valence-electron chi connectivity index (χ1n) is 5.19. The van der Waals surface area contributed by atoms with Gasteiger partial charge in [0.15, 0.2) is 0 Å². The van der Waals surface area contributed by atoms with E-state index >= 15 is 0 Å². The molecule has 0 spiro atoms. The van der Waals surface area contributed by atoms with Crippen LogP contribution in [0, 0.1) is 0 Å². The van der Waals surface area contributed by atoms with Crippen LogP contribution in [0.1, 0.15) is 19.3 Å². The van der Waals surface area contributed by atoms with Crippen molar-refractivity contribution in [2.45, 2.75) is 19.3 Å². The Kier molecular flexibility index (Phi) is 6.11. The van der Waals surface area contributed by atoms with Crippen molar-refractivity contribution in [3.63, 3.8) is 0 Å². The predicted molar refractivity (Wildman–Crippen MR) is 76.0 cm³/mol. The second-order valence-electron chi connectivity index (χ2n) is 5.53. The molecule has 0 fully saturated rings. The van der Waals surface area contributed by atoms with Crippen molar-refractivity contribution in [3.05, 3.63) is 0 Å². The van der Waals surface area contributed by atoms with Crippen molar-refractivity contribution >= 4 is 26.0 Å². The molecule has 0 atom stereocenters. The third kappa shape index (κ3) is 10.5. The first-order valence-corrected chi connectivity index (χ1v) is 11.0. The number of carbonyl (C=O) groups is 1. The van der Waals surface area contributed by atoms with Gasteiger partial charge in [0.1, 0.15) is 0 Å². The molecule has 2 nitrogen and oxygen atoms in total. The summed E-state index contributed by atoms with van der Waals surface area (Å²) in [5.41, 5.74) is 0. The molecule has 1 N–H and O–H groups in total. The van der Waals surface area contributed by atoms with Crippen LogP contribution in [0.25, 0.3) is 0 Å². The Balaban J connectivity index is 3.79. The lowest BCUT2D eigenvalue weighted by molar-refractivity contribution is -0.137. The number of rotatable bonds is 7. The molecule has 4 heteroatoms. The highest BCUT2D eigenvalue weighted by Crippen LogP contribution is 2.53. The lowest BCUT2D eigenvalue weighted by atomic mass is 10.2. The van der Waals surface area contributed by atoms with Gasteiger partial charge in [-0.05, 0) is 49.9 Å². The first-order chi connectivity index (χ1) is 6.62. The van der Waals surface area contributed by atoms with Crippen LogP contribution >= 0.6 is 20.1 Å². The molecule has 0 aliphatic carbocycles. The van der Waals surface area contributed by atoms with Crippen LogP contribution in [0.15, 0.2) is 0 Å². The van der Waals surface area contributed by atoms with Gasteiger partial charge >= 0.3 is 5.97 Å². The van der Waals surface area contributed by atoms with Crippen LogP contribution in [0.2, 0.25) is 0 Å². The lowest BCUT2D eigenvalue weighted by Crippen LogP contribution is -2.11. The summed E-state index contributed by atoms with van der Waals surface area (Å²) in [4.78, 5) is 10.4. The van der Waals surface area contributed by atoms with Crippen LogP contribution in [0.3, 0.4) is 0 Å². The Morgan fingerprint density at radius 3 is 2.00 bits per heavy atom. The maximum absolute atomic E-state index is 10.4. The number of unbranched alkanes of at least 4 members (excludes halogenated alkanes) is 1. The topological polar surface area (TPSA) is 37.3 Å². The van der Waals surface area contributed by atoms with Crippen molar-refractivity contribution in [3.8, 4) is 0 Å². The maximum atomic E-state index is 10.4. The molecule has 0 unspecified atom stereocenters. The number of hydrogen-bond acceptors (Lipinski definition) is 1. The quantitative estimate of drug-likeness (QED) is 0.709. The van der Waals surface area contributed by atoms with Crippen molar-refractivity contribution < 1.29 is 9.90 Å². The smallest absolute Gasteiger partial charge is 0.303 e. The van der Waals surface area contributed by atoms with E-state index in [0.29, 0.717) is 6.42 Å². The third-order valence-corrected chi connectivity index (χ3v) is 8.78. The minimum absolute atomic E-state index is 0.331. The van der Waals surface area contributed by atoms with Crippen LogP contribution in [0.5, 0.6) is 0 Å². The predicted octanol–water partition coefficient (Wildman–Crippen LogP) is 2.96. The molecule has 0 saturated heterocycles. The number of aliphatic carboxylic acids is 1. The van der Waals surface area contributed by atoms with Gasteiger partial charge in [0.2, 0.25) is 0 Å². The van der Waals surface area contributed by atoms with E-state index < -0.39 is 26.0 Å². The van der Waals surface area contributed by atoms with E-state index in [0.717, 1.165) is 12.8 Å². The summed E-state index contributed by atoms with van der Waals surface area (Å²) < 4.78 is 0. The zero-order valence-corrected chi connectivity index (χ0v) is 12.3. The normalized spacial score (nSPS) is 15.0. The molecule has 0 aromatic rings. The highest BCUT2D eigenvalue weighted by Gasteiger charge is 2.17. The molecule has 0 aromatic heterocycles. The van der Waals surface area contributed by atoms with Gasteiger partial charge in [0, 0.05) is 11.5 Å². The standard InChI is InChI=1S/C11H26O2S2/c1-14(2,3)10-15(4,5)9-7-6-8-11(12)13/h6-10H2,1-5H3,(H,12,13). The Morgan fingerprint density at radius 2 is 1.60 bits per heavy atom. The van der Waals surface area contributed by atoms with Crippen LogP contribution in [0.4, 0.5) is 0 Å². The molecule has 0 heterocycles. The fourth-order valence-electron chi connectivity index (χ4n) is 1.79. The van der Waals surface area contributed by atoms with Crippen molar-refractivity contribution in [1.82, 2.24) is 0 Å². The van der Waals surface area contributed by atoms with Gasteiger partial charge in [-0.25, -0.2) is 20.1 Å². The van der Waals surface area contributed by atoms with E-state index in [-0.39, 0.29) is 0 Å². The Hall–Kier alpha value is 0.170. The first kappa shape index (κ1) is 15.2. The summed E-state index contributed by atoms with van der Waals surface area (Å²) in [6.45, 7) is 0. The average Bonchev–Trinajstić information content (AvgIpc) is 1.93. The van der Waals surface area contributed by atoms with Gasteiger partial charge in [-0.15, -0.1) is 0 Å². The van der Waals surface area contributed by atoms with E-state index in [1.165, 1.54) is 10.8 Å². The molecule has 0 amide bonds. The molecule has 0 saturated carbocycles. The fraction of sp³-hybridized carbons (Fsp3) is 0.909. The van der Waals surface area contributed by atoms with E-state index in [9.17, 15) is 4.79 Å². The van der Waals surface area contributed by atoms with Gasteiger partial charge in [0.25, 0.3) is 0 Å². The summed E-state index contributed by atoms with van der Waals surface area (Å²) in [7, 11) is -0.908. The zero-order chi connectivity index (χ0) is 12.1.